The quantitative estimate of drug-likeness (QED) is 0.759. The lowest BCUT2D eigenvalue weighted by atomic mass is 10.1. The summed E-state index contributed by atoms with van der Waals surface area (Å²) in [6, 6.07) is 2.38. The number of rotatable bonds is 4. The SMILES string of the molecule is CCOC(=O)c1cn(C[C@@H]2OCC(C)(C)O2)c2cc(Cl)c(F)cc2c1=O. The fraction of sp³-hybridized carbons (Fsp3) is 0.444. The van der Waals surface area contributed by atoms with E-state index >= 15 is 0 Å². The number of benzene rings is 1. The molecule has 1 aromatic carbocycles. The number of ether oxygens (including phenoxy) is 3. The minimum absolute atomic E-state index is 0.0368. The number of esters is 1. The maximum atomic E-state index is 13.9. The summed E-state index contributed by atoms with van der Waals surface area (Å²) in [7, 11) is 0. The molecule has 1 aliphatic heterocycles. The number of carbonyl (C=O) groups excluding carboxylic acids is 1. The highest BCUT2D eigenvalue weighted by Crippen LogP contribution is 2.26. The Bertz CT molecular complexity index is 924. The van der Waals surface area contributed by atoms with E-state index in [1.807, 2.05) is 13.8 Å². The van der Waals surface area contributed by atoms with Crippen LogP contribution in [-0.4, -0.2) is 35.6 Å². The van der Waals surface area contributed by atoms with Crippen LogP contribution in [-0.2, 0) is 20.8 Å². The molecule has 6 nitrogen and oxygen atoms in total. The lowest BCUT2D eigenvalue weighted by Crippen LogP contribution is -2.26. The van der Waals surface area contributed by atoms with Crippen molar-refractivity contribution >= 4 is 28.5 Å². The predicted molar refractivity (Wildman–Crippen MR) is 94.0 cm³/mol. The first kappa shape index (κ1) is 18.8. The minimum atomic E-state index is -0.767. The molecule has 0 unspecified atom stereocenters. The van der Waals surface area contributed by atoms with Gasteiger partial charge in [0.15, 0.2) is 6.29 Å². The Balaban J connectivity index is 2.13. The third-order valence-electron chi connectivity index (χ3n) is 4.03. The molecule has 8 heteroatoms. The number of pyridine rings is 1. The zero-order valence-corrected chi connectivity index (χ0v) is 15.4. The highest BCUT2D eigenvalue weighted by molar-refractivity contribution is 6.31. The smallest absolute Gasteiger partial charge is 0.343 e. The second kappa shape index (κ2) is 6.98. The maximum Gasteiger partial charge on any atom is 0.343 e. The molecule has 26 heavy (non-hydrogen) atoms. The van der Waals surface area contributed by atoms with Crippen molar-refractivity contribution in [1.29, 1.82) is 0 Å². The number of halogens is 2. The second-order valence-electron chi connectivity index (χ2n) is 6.65. The van der Waals surface area contributed by atoms with Crippen molar-refractivity contribution in [2.75, 3.05) is 13.2 Å². The molecular weight excluding hydrogens is 365 g/mol. The third-order valence-corrected chi connectivity index (χ3v) is 4.32. The fourth-order valence-electron chi connectivity index (χ4n) is 2.86. The number of hydrogen-bond donors (Lipinski definition) is 0. The van der Waals surface area contributed by atoms with Crippen LogP contribution in [0.4, 0.5) is 4.39 Å². The number of fused-ring (bicyclic) bond motifs is 1. The zero-order valence-electron chi connectivity index (χ0n) is 14.7. The van der Waals surface area contributed by atoms with E-state index in [2.05, 4.69) is 0 Å². The Morgan fingerprint density at radius 2 is 2.19 bits per heavy atom. The van der Waals surface area contributed by atoms with E-state index in [9.17, 15) is 14.0 Å². The van der Waals surface area contributed by atoms with Crippen molar-refractivity contribution in [3.8, 4) is 0 Å². The van der Waals surface area contributed by atoms with Crippen molar-refractivity contribution in [1.82, 2.24) is 4.57 Å². The Labute approximate surface area is 154 Å². The number of carbonyl (C=O) groups is 1. The molecule has 0 N–H and O–H groups in total. The average molecular weight is 384 g/mol. The van der Waals surface area contributed by atoms with Crippen molar-refractivity contribution in [2.24, 2.45) is 0 Å². The van der Waals surface area contributed by atoms with Gasteiger partial charge in [-0.25, -0.2) is 9.18 Å². The average Bonchev–Trinajstić information content (AvgIpc) is 2.91. The Hall–Kier alpha value is -1.96. The van der Waals surface area contributed by atoms with E-state index < -0.39 is 29.1 Å². The van der Waals surface area contributed by atoms with Gasteiger partial charge in [-0.05, 0) is 32.9 Å². The summed E-state index contributed by atoms with van der Waals surface area (Å²) in [6.45, 7) is 6.16. The molecule has 3 rings (SSSR count). The highest BCUT2D eigenvalue weighted by atomic mass is 35.5. The Morgan fingerprint density at radius 1 is 1.46 bits per heavy atom. The molecule has 1 aromatic heterocycles. The summed E-state index contributed by atoms with van der Waals surface area (Å²) < 4.78 is 31.8. The van der Waals surface area contributed by atoms with Gasteiger partial charge in [0.2, 0.25) is 5.43 Å². The first-order valence-corrected chi connectivity index (χ1v) is 8.58. The third kappa shape index (κ3) is 3.60. The predicted octanol–water partition coefficient (Wildman–Crippen LogP) is 3.12. The van der Waals surface area contributed by atoms with Gasteiger partial charge in [-0.15, -0.1) is 0 Å². The van der Waals surface area contributed by atoms with Gasteiger partial charge < -0.3 is 18.8 Å². The van der Waals surface area contributed by atoms with E-state index in [1.54, 1.807) is 11.5 Å². The lowest BCUT2D eigenvalue weighted by Gasteiger charge is -2.19. The standard InChI is InChI=1S/C18H19ClFNO5/c1-4-24-17(23)11-7-21(8-15-25-9-18(2,3)26-15)14-6-12(19)13(20)5-10(14)16(11)22/h5-7,15H,4,8-9H2,1-3H3/t15-/m1/s1. The van der Waals surface area contributed by atoms with Crippen molar-refractivity contribution < 1.29 is 23.4 Å². The van der Waals surface area contributed by atoms with Crippen molar-refractivity contribution in [3.63, 3.8) is 0 Å². The summed E-state index contributed by atoms with van der Waals surface area (Å²) in [5.74, 6) is -1.50. The van der Waals surface area contributed by atoms with Gasteiger partial charge in [-0.1, -0.05) is 11.6 Å². The summed E-state index contributed by atoms with van der Waals surface area (Å²) in [5, 5.41) is -0.0853. The molecule has 0 saturated carbocycles. The molecule has 0 spiro atoms. The van der Waals surface area contributed by atoms with Crippen LogP contribution in [0, 0.1) is 5.82 Å². The van der Waals surface area contributed by atoms with Crippen LogP contribution in [0.5, 0.6) is 0 Å². The molecule has 0 aliphatic carbocycles. The van der Waals surface area contributed by atoms with Crippen LogP contribution >= 0.6 is 11.6 Å². The van der Waals surface area contributed by atoms with Gasteiger partial charge in [0.05, 0.1) is 35.9 Å². The van der Waals surface area contributed by atoms with Gasteiger partial charge in [0.1, 0.15) is 11.4 Å². The molecular formula is C18H19ClFNO5. The molecule has 0 bridgehead atoms. The molecule has 1 fully saturated rings. The second-order valence-corrected chi connectivity index (χ2v) is 7.05. The van der Waals surface area contributed by atoms with Crippen LogP contribution in [0.25, 0.3) is 10.9 Å². The van der Waals surface area contributed by atoms with E-state index in [0.29, 0.717) is 12.1 Å². The van der Waals surface area contributed by atoms with E-state index in [4.69, 9.17) is 25.8 Å². The molecule has 1 atom stereocenters. The Morgan fingerprint density at radius 3 is 2.81 bits per heavy atom. The van der Waals surface area contributed by atoms with Crippen LogP contribution in [0.1, 0.15) is 31.1 Å². The molecule has 0 amide bonds. The number of nitrogens with zero attached hydrogens (tertiary/aromatic N) is 1. The fourth-order valence-corrected chi connectivity index (χ4v) is 3.02. The Kier molecular flexibility index (Phi) is 5.05. The maximum absolute atomic E-state index is 13.9. The van der Waals surface area contributed by atoms with Crippen LogP contribution in [0.15, 0.2) is 23.1 Å². The number of aromatic nitrogens is 1. The summed E-state index contributed by atoms with van der Waals surface area (Å²) >= 11 is 5.88. The van der Waals surface area contributed by atoms with Gasteiger partial charge in [-0.3, -0.25) is 4.79 Å². The zero-order chi connectivity index (χ0) is 19.1. The monoisotopic (exact) mass is 383 g/mol. The molecule has 2 heterocycles. The highest BCUT2D eigenvalue weighted by Gasteiger charge is 2.33. The summed E-state index contributed by atoms with van der Waals surface area (Å²) in [6.07, 6.45) is 0.796. The first-order valence-electron chi connectivity index (χ1n) is 8.20. The van der Waals surface area contributed by atoms with Crippen LogP contribution in [0.2, 0.25) is 5.02 Å². The molecule has 1 saturated heterocycles. The summed E-state index contributed by atoms with van der Waals surface area (Å²) in [4.78, 5) is 24.8. The van der Waals surface area contributed by atoms with Gasteiger partial charge in [0.25, 0.3) is 0 Å². The van der Waals surface area contributed by atoms with Crippen LogP contribution < -0.4 is 5.43 Å². The van der Waals surface area contributed by atoms with Crippen LogP contribution in [0.3, 0.4) is 0 Å². The number of hydrogen-bond acceptors (Lipinski definition) is 5. The normalized spacial score (nSPS) is 19.0. The lowest BCUT2D eigenvalue weighted by molar-refractivity contribution is -0.0864. The van der Waals surface area contributed by atoms with Gasteiger partial charge in [-0.2, -0.15) is 0 Å². The van der Waals surface area contributed by atoms with E-state index in [-0.39, 0.29) is 29.1 Å². The topological polar surface area (TPSA) is 66.8 Å². The van der Waals surface area contributed by atoms with Gasteiger partial charge >= 0.3 is 5.97 Å². The van der Waals surface area contributed by atoms with Crippen molar-refractivity contribution in [2.45, 2.75) is 39.2 Å². The van der Waals surface area contributed by atoms with Gasteiger partial charge in [0, 0.05) is 11.6 Å². The van der Waals surface area contributed by atoms with E-state index in [0.717, 1.165) is 6.07 Å². The minimum Gasteiger partial charge on any atom is -0.462 e. The van der Waals surface area contributed by atoms with E-state index in [1.165, 1.54) is 12.3 Å². The van der Waals surface area contributed by atoms with Crippen molar-refractivity contribution in [3.05, 3.63) is 45.0 Å². The molecule has 140 valence electrons. The largest absolute Gasteiger partial charge is 0.462 e. The molecule has 2 aromatic rings. The molecule has 0 radical (unpaired) electrons. The first-order chi connectivity index (χ1) is 12.2. The summed E-state index contributed by atoms with van der Waals surface area (Å²) in [5.41, 5.74) is -0.851. The molecule has 1 aliphatic rings.